The van der Waals surface area contributed by atoms with Crippen LogP contribution in [0.3, 0.4) is 0 Å². The zero-order chi connectivity index (χ0) is 18.9. The van der Waals surface area contributed by atoms with Gasteiger partial charge in [0, 0.05) is 36.4 Å². The third-order valence-corrected chi connectivity index (χ3v) is 7.74. The van der Waals surface area contributed by atoms with Gasteiger partial charge >= 0.3 is 0 Å². The minimum Gasteiger partial charge on any atom is -0.297 e. The summed E-state index contributed by atoms with van der Waals surface area (Å²) in [4.78, 5) is 19.7. The number of aromatic nitrogens is 3. The lowest BCUT2D eigenvalue weighted by Crippen LogP contribution is -2.36. The van der Waals surface area contributed by atoms with Crippen LogP contribution in [0.5, 0.6) is 0 Å². The van der Waals surface area contributed by atoms with Crippen LogP contribution in [0.4, 0.5) is 0 Å². The van der Waals surface area contributed by atoms with Crippen molar-refractivity contribution in [3.8, 4) is 0 Å². The van der Waals surface area contributed by atoms with Gasteiger partial charge in [-0.2, -0.15) is 5.10 Å². The number of hydrogen-bond acceptors (Lipinski definition) is 5. The lowest BCUT2D eigenvalue weighted by Gasteiger charge is -2.31. The summed E-state index contributed by atoms with van der Waals surface area (Å²) in [5, 5.41) is 8.27. The first-order chi connectivity index (χ1) is 13.7. The van der Waals surface area contributed by atoms with Crippen molar-refractivity contribution < 1.29 is 0 Å². The summed E-state index contributed by atoms with van der Waals surface area (Å²) in [6.07, 6.45) is 10.1. The second kappa shape index (κ2) is 8.07. The van der Waals surface area contributed by atoms with Crippen LogP contribution in [0, 0.1) is 5.92 Å². The lowest BCUT2D eigenvalue weighted by molar-refractivity contribution is 0.162. The Labute approximate surface area is 170 Å². The van der Waals surface area contributed by atoms with Crippen LogP contribution < -0.4 is 5.56 Å². The Morgan fingerprint density at radius 3 is 2.54 bits per heavy atom. The van der Waals surface area contributed by atoms with Crippen LogP contribution >= 0.6 is 11.3 Å². The average molecular weight is 399 g/mol. The highest BCUT2D eigenvalue weighted by Crippen LogP contribution is 2.38. The van der Waals surface area contributed by atoms with Crippen LogP contribution in [-0.4, -0.2) is 32.8 Å². The van der Waals surface area contributed by atoms with E-state index in [4.69, 9.17) is 4.98 Å². The molecule has 2 saturated carbocycles. The molecule has 0 atom stereocenters. The summed E-state index contributed by atoms with van der Waals surface area (Å²) >= 11 is 1.86. The van der Waals surface area contributed by atoms with E-state index in [1.54, 1.807) is 10.7 Å². The molecular weight excluding hydrogens is 368 g/mol. The van der Waals surface area contributed by atoms with Crippen LogP contribution in [0.1, 0.15) is 79.6 Å². The number of hydrogen-bond donors (Lipinski definition) is 0. The minimum absolute atomic E-state index is 0.0498. The molecule has 0 amide bonds. The molecule has 5 nitrogen and oxygen atoms in total. The maximum absolute atomic E-state index is 12.2. The Balaban J connectivity index is 1.14. The molecule has 1 saturated heterocycles. The molecule has 0 aromatic carbocycles. The lowest BCUT2D eigenvalue weighted by atomic mass is 9.97. The first-order valence-corrected chi connectivity index (χ1v) is 11.9. The van der Waals surface area contributed by atoms with Crippen molar-refractivity contribution >= 4 is 11.3 Å². The maximum Gasteiger partial charge on any atom is 0.266 e. The fourth-order valence-electron chi connectivity index (χ4n) is 4.75. The second-order valence-electron chi connectivity index (χ2n) is 8.93. The first kappa shape index (κ1) is 18.5. The molecule has 2 aliphatic carbocycles. The molecule has 3 heterocycles. The van der Waals surface area contributed by atoms with Crippen molar-refractivity contribution in [1.29, 1.82) is 0 Å². The van der Waals surface area contributed by atoms with Gasteiger partial charge in [-0.3, -0.25) is 9.69 Å². The molecule has 0 unspecified atom stereocenters. The molecule has 2 aromatic heterocycles. The Kier molecular flexibility index (Phi) is 5.33. The Morgan fingerprint density at radius 1 is 1.00 bits per heavy atom. The zero-order valence-corrected chi connectivity index (χ0v) is 17.4. The molecule has 0 spiro atoms. The molecule has 1 aliphatic heterocycles. The summed E-state index contributed by atoms with van der Waals surface area (Å²) < 4.78 is 1.72. The van der Waals surface area contributed by atoms with Crippen molar-refractivity contribution in [3.05, 3.63) is 44.3 Å². The molecule has 28 heavy (non-hydrogen) atoms. The maximum atomic E-state index is 12.2. The highest BCUT2D eigenvalue weighted by molar-refractivity contribution is 7.09. The number of thiazole rings is 1. The SMILES string of the molecule is O=c1ccc(C2CC2)nn1CC1CCN(Cc2csc(C3CCCC3)n2)CC1. The van der Waals surface area contributed by atoms with Gasteiger partial charge in [-0.1, -0.05) is 12.8 Å². The van der Waals surface area contributed by atoms with Crippen molar-refractivity contribution in [2.45, 2.75) is 76.3 Å². The molecule has 150 valence electrons. The fraction of sp³-hybridized carbons (Fsp3) is 0.682. The van der Waals surface area contributed by atoms with Crippen molar-refractivity contribution in [2.24, 2.45) is 5.92 Å². The third-order valence-electron chi connectivity index (χ3n) is 6.68. The summed E-state index contributed by atoms with van der Waals surface area (Å²) in [5.74, 6) is 1.88. The smallest absolute Gasteiger partial charge is 0.266 e. The minimum atomic E-state index is 0.0498. The van der Waals surface area contributed by atoms with Gasteiger partial charge in [0.05, 0.1) is 16.4 Å². The van der Waals surface area contributed by atoms with Gasteiger partial charge < -0.3 is 0 Å². The molecule has 0 radical (unpaired) electrons. The van der Waals surface area contributed by atoms with E-state index in [1.807, 2.05) is 17.4 Å². The van der Waals surface area contributed by atoms with Crippen LogP contribution in [0.25, 0.3) is 0 Å². The quantitative estimate of drug-likeness (QED) is 0.734. The van der Waals surface area contributed by atoms with Crippen LogP contribution in [-0.2, 0) is 13.1 Å². The van der Waals surface area contributed by atoms with Crippen LogP contribution in [0.2, 0.25) is 0 Å². The summed E-state index contributed by atoms with van der Waals surface area (Å²) in [7, 11) is 0. The Bertz CT molecular complexity index is 857. The second-order valence-corrected chi connectivity index (χ2v) is 9.82. The molecular formula is C22H30N4OS. The van der Waals surface area contributed by atoms with Gasteiger partial charge in [-0.25, -0.2) is 9.67 Å². The highest BCUT2D eigenvalue weighted by Gasteiger charge is 2.27. The van der Waals surface area contributed by atoms with E-state index in [0.29, 0.717) is 11.8 Å². The Morgan fingerprint density at radius 2 is 1.79 bits per heavy atom. The van der Waals surface area contributed by atoms with Crippen molar-refractivity contribution in [2.75, 3.05) is 13.1 Å². The fourth-order valence-corrected chi connectivity index (χ4v) is 5.73. The summed E-state index contributed by atoms with van der Waals surface area (Å²) in [6, 6.07) is 3.63. The largest absolute Gasteiger partial charge is 0.297 e. The zero-order valence-electron chi connectivity index (χ0n) is 16.6. The first-order valence-electron chi connectivity index (χ1n) is 11.0. The van der Waals surface area contributed by atoms with Gasteiger partial charge in [-0.15, -0.1) is 11.3 Å². The van der Waals surface area contributed by atoms with Gasteiger partial charge in [0.15, 0.2) is 0 Å². The third kappa shape index (κ3) is 4.23. The van der Waals surface area contributed by atoms with Gasteiger partial charge in [0.2, 0.25) is 0 Å². The van der Waals surface area contributed by atoms with Gasteiger partial charge in [0.25, 0.3) is 5.56 Å². The van der Waals surface area contributed by atoms with Gasteiger partial charge in [-0.05, 0) is 63.6 Å². The van der Waals surface area contributed by atoms with E-state index in [-0.39, 0.29) is 5.56 Å². The number of nitrogens with zero attached hydrogens (tertiary/aromatic N) is 4. The normalized spacial score (nSPS) is 22.1. The van der Waals surface area contributed by atoms with E-state index in [9.17, 15) is 4.79 Å². The standard InChI is InChI=1S/C22H30N4OS/c27-21-8-7-20(17-5-6-17)24-26(21)13-16-9-11-25(12-10-16)14-19-15-28-22(23-19)18-3-1-2-4-18/h7-8,15-18H,1-6,9-14H2. The molecule has 6 heteroatoms. The van der Waals surface area contributed by atoms with Crippen LogP contribution in [0.15, 0.2) is 22.3 Å². The van der Waals surface area contributed by atoms with Gasteiger partial charge in [0.1, 0.15) is 0 Å². The van der Waals surface area contributed by atoms with E-state index >= 15 is 0 Å². The van der Waals surface area contributed by atoms with E-state index in [1.165, 1.54) is 49.2 Å². The predicted octanol–water partition coefficient (Wildman–Crippen LogP) is 4.15. The molecule has 2 aromatic rings. The average Bonchev–Trinajstić information content (AvgIpc) is 3.21. The number of rotatable bonds is 6. The summed E-state index contributed by atoms with van der Waals surface area (Å²) in [6.45, 7) is 3.94. The molecule has 0 bridgehead atoms. The molecule has 0 N–H and O–H groups in total. The number of piperidine rings is 1. The topological polar surface area (TPSA) is 51.0 Å². The summed E-state index contributed by atoms with van der Waals surface area (Å²) in [5.41, 5.74) is 2.41. The van der Waals surface area contributed by atoms with E-state index in [0.717, 1.165) is 50.6 Å². The molecule has 5 rings (SSSR count). The monoisotopic (exact) mass is 398 g/mol. The van der Waals surface area contributed by atoms with Crippen molar-refractivity contribution in [1.82, 2.24) is 19.7 Å². The Hall–Kier alpha value is -1.53. The number of likely N-dealkylation sites (tertiary alicyclic amines) is 1. The molecule has 3 fully saturated rings. The highest BCUT2D eigenvalue weighted by atomic mass is 32.1. The molecule has 3 aliphatic rings. The predicted molar refractivity (Wildman–Crippen MR) is 112 cm³/mol. The van der Waals surface area contributed by atoms with E-state index in [2.05, 4.69) is 15.4 Å². The van der Waals surface area contributed by atoms with E-state index < -0.39 is 0 Å². The van der Waals surface area contributed by atoms with Crippen molar-refractivity contribution in [3.63, 3.8) is 0 Å².